The lowest BCUT2D eigenvalue weighted by Gasteiger charge is -2.14. The van der Waals surface area contributed by atoms with Gasteiger partial charge in [0.2, 0.25) is 4.77 Å². The summed E-state index contributed by atoms with van der Waals surface area (Å²) in [4.78, 5) is 1.06. The van der Waals surface area contributed by atoms with E-state index in [1.165, 1.54) is 12.1 Å². The van der Waals surface area contributed by atoms with Gasteiger partial charge in [0, 0.05) is 10.9 Å². The monoisotopic (exact) mass is 417 g/mol. The molecule has 0 amide bonds. The molecule has 4 rings (SSSR count). The molecule has 1 N–H and O–H groups in total. The number of aryl methyl sites for hydroxylation is 1. The van der Waals surface area contributed by atoms with Crippen LogP contribution in [-0.4, -0.2) is 21.2 Å². The fourth-order valence-corrected chi connectivity index (χ4v) is 3.89. The predicted molar refractivity (Wildman–Crippen MR) is 108 cm³/mol. The number of rotatable bonds is 4. The van der Waals surface area contributed by atoms with E-state index in [2.05, 4.69) is 11.2 Å². The minimum atomic E-state index is -4.32. The molecule has 4 aromatic rings. The molecule has 2 aromatic heterocycles. The molecule has 4 nitrogen and oxygen atoms in total. The number of hydrogen-bond acceptors (Lipinski definition) is 2. The Morgan fingerprint density at radius 1 is 1.07 bits per heavy atom. The quantitative estimate of drug-likeness (QED) is 0.508. The van der Waals surface area contributed by atoms with E-state index in [-0.39, 0.29) is 0 Å². The lowest BCUT2D eigenvalue weighted by atomic mass is 10.1. The zero-order chi connectivity index (χ0) is 20.8. The maximum Gasteiger partial charge on any atom is 0.416 e. The molecule has 29 heavy (non-hydrogen) atoms. The van der Waals surface area contributed by atoms with Gasteiger partial charge in [0.1, 0.15) is 6.54 Å². The first-order chi connectivity index (χ1) is 13.7. The number of quaternary nitrogens is 1. The fraction of sp³-hybridized carbons (Fsp3) is 0.238. The highest BCUT2D eigenvalue weighted by Gasteiger charge is 2.30. The third-order valence-electron chi connectivity index (χ3n) is 4.99. The average molecular weight is 417 g/mol. The summed E-state index contributed by atoms with van der Waals surface area (Å²) in [6, 6.07) is 15.3. The summed E-state index contributed by atoms with van der Waals surface area (Å²) in [5.41, 5.74) is 3.12. The number of alkyl halides is 3. The zero-order valence-electron chi connectivity index (χ0n) is 16.0. The van der Waals surface area contributed by atoms with Crippen LogP contribution in [0.5, 0.6) is 0 Å². The molecule has 0 saturated heterocycles. The van der Waals surface area contributed by atoms with Gasteiger partial charge in [-0.15, -0.1) is 5.10 Å². The fourth-order valence-electron chi connectivity index (χ4n) is 3.59. The van der Waals surface area contributed by atoms with Gasteiger partial charge < -0.3 is 4.90 Å². The molecular formula is C21H20F3N4S+. The molecular weight excluding hydrogens is 397 g/mol. The second kappa shape index (κ2) is 7.27. The van der Waals surface area contributed by atoms with Gasteiger partial charge in [0.25, 0.3) is 0 Å². The zero-order valence-corrected chi connectivity index (χ0v) is 16.8. The van der Waals surface area contributed by atoms with E-state index in [1.54, 1.807) is 4.68 Å². The Morgan fingerprint density at radius 2 is 1.76 bits per heavy atom. The van der Waals surface area contributed by atoms with Crippen molar-refractivity contribution in [1.82, 2.24) is 14.2 Å². The maximum atomic E-state index is 12.7. The van der Waals surface area contributed by atoms with E-state index in [1.807, 2.05) is 42.6 Å². The number of aromatic nitrogens is 3. The Kier molecular flexibility index (Phi) is 4.92. The van der Waals surface area contributed by atoms with Gasteiger partial charge in [0.05, 0.1) is 18.1 Å². The van der Waals surface area contributed by atoms with Crippen molar-refractivity contribution >= 4 is 28.8 Å². The molecule has 0 radical (unpaired) electrons. The standard InChI is InChI=1S/C21H19F3N4S/c1-14-11-19-25-27(20(29)28(19)18-6-4-3-5-17(14)18)13-26(2)12-15-7-9-16(10-8-15)21(22,23)24/h3-11H,12-13H2,1-2H3/p+1. The summed E-state index contributed by atoms with van der Waals surface area (Å²) in [6.07, 6.45) is -4.32. The molecule has 2 aromatic carbocycles. The second-order valence-corrected chi connectivity index (χ2v) is 7.67. The summed E-state index contributed by atoms with van der Waals surface area (Å²) < 4.78 is 42.5. The largest absolute Gasteiger partial charge is 0.416 e. The van der Waals surface area contributed by atoms with Crippen LogP contribution in [0.4, 0.5) is 13.2 Å². The Labute approximate surface area is 170 Å². The van der Waals surface area contributed by atoms with Crippen LogP contribution in [-0.2, 0) is 19.4 Å². The van der Waals surface area contributed by atoms with Crippen LogP contribution in [0.1, 0.15) is 16.7 Å². The molecule has 0 saturated carbocycles. The van der Waals surface area contributed by atoms with Crippen LogP contribution in [0.15, 0.2) is 54.6 Å². The van der Waals surface area contributed by atoms with Gasteiger partial charge in [-0.2, -0.15) is 17.9 Å². The molecule has 0 bridgehead atoms. The Balaban J connectivity index is 1.60. The highest BCUT2D eigenvalue weighted by molar-refractivity contribution is 7.71. The number of pyridine rings is 1. The summed E-state index contributed by atoms with van der Waals surface area (Å²) in [6.45, 7) is 3.12. The molecule has 0 spiro atoms. The van der Waals surface area contributed by atoms with Crippen LogP contribution in [0.3, 0.4) is 0 Å². The smallest absolute Gasteiger partial charge is 0.315 e. The Hall–Kier alpha value is -2.71. The van der Waals surface area contributed by atoms with Gasteiger partial charge in [-0.3, -0.25) is 4.40 Å². The average Bonchev–Trinajstić information content (AvgIpc) is 2.97. The number of para-hydroxylation sites is 1. The van der Waals surface area contributed by atoms with Crippen LogP contribution in [0, 0.1) is 11.7 Å². The number of nitrogens with zero attached hydrogens (tertiary/aromatic N) is 3. The van der Waals surface area contributed by atoms with Crippen molar-refractivity contribution in [2.75, 3.05) is 7.05 Å². The molecule has 1 atom stereocenters. The van der Waals surface area contributed by atoms with Gasteiger partial charge in [-0.25, -0.2) is 0 Å². The van der Waals surface area contributed by atoms with Crippen molar-refractivity contribution in [3.63, 3.8) is 0 Å². The summed E-state index contributed by atoms with van der Waals surface area (Å²) in [5, 5.41) is 5.78. The van der Waals surface area contributed by atoms with E-state index < -0.39 is 11.7 Å². The summed E-state index contributed by atoms with van der Waals surface area (Å²) in [7, 11) is 1.97. The van der Waals surface area contributed by atoms with Crippen molar-refractivity contribution in [2.24, 2.45) is 0 Å². The number of fused-ring (bicyclic) bond motifs is 3. The van der Waals surface area contributed by atoms with Crippen molar-refractivity contribution in [3.05, 3.63) is 76.1 Å². The lowest BCUT2D eigenvalue weighted by Crippen LogP contribution is -3.07. The lowest BCUT2D eigenvalue weighted by molar-refractivity contribution is -0.917. The first kappa shape index (κ1) is 19.6. The van der Waals surface area contributed by atoms with Crippen molar-refractivity contribution in [1.29, 1.82) is 0 Å². The van der Waals surface area contributed by atoms with Gasteiger partial charge >= 0.3 is 6.18 Å². The Morgan fingerprint density at radius 3 is 2.45 bits per heavy atom. The first-order valence-electron chi connectivity index (χ1n) is 9.19. The first-order valence-corrected chi connectivity index (χ1v) is 9.60. The van der Waals surface area contributed by atoms with E-state index >= 15 is 0 Å². The highest BCUT2D eigenvalue weighted by atomic mass is 32.1. The third kappa shape index (κ3) is 3.77. The highest BCUT2D eigenvalue weighted by Crippen LogP contribution is 2.29. The third-order valence-corrected chi connectivity index (χ3v) is 5.38. The van der Waals surface area contributed by atoms with E-state index in [4.69, 9.17) is 12.2 Å². The molecule has 150 valence electrons. The maximum absolute atomic E-state index is 12.7. The predicted octanol–water partition coefficient (Wildman–Crippen LogP) is 4.02. The topological polar surface area (TPSA) is 26.7 Å². The van der Waals surface area contributed by atoms with Crippen molar-refractivity contribution < 1.29 is 18.1 Å². The molecule has 2 heterocycles. The van der Waals surface area contributed by atoms with Crippen molar-refractivity contribution in [2.45, 2.75) is 26.3 Å². The molecule has 0 aliphatic rings. The van der Waals surface area contributed by atoms with E-state index in [0.29, 0.717) is 18.0 Å². The number of benzene rings is 2. The molecule has 0 aliphatic heterocycles. The normalized spacial score (nSPS) is 13.3. The van der Waals surface area contributed by atoms with E-state index in [9.17, 15) is 13.2 Å². The number of nitrogens with one attached hydrogen (secondary N) is 1. The number of hydrogen-bond donors (Lipinski definition) is 1. The summed E-state index contributed by atoms with van der Waals surface area (Å²) >= 11 is 5.66. The minimum absolute atomic E-state index is 0.509. The van der Waals surface area contributed by atoms with Crippen LogP contribution in [0.2, 0.25) is 0 Å². The number of halogens is 3. The molecule has 0 aliphatic carbocycles. The Bertz CT molecular complexity index is 1240. The van der Waals surface area contributed by atoms with Gasteiger partial charge in [-0.05, 0) is 49.0 Å². The minimum Gasteiger partial charge on any atom is -0.315 e. The van der Waals surface area contributed by atoms with Crippen LogP contribution < -0.4 is 4.90 Å². The molecule has 8 heteroatoms. The van der Waals surface area contributed by atoms with Gasteiger partial charge in [-0.1, -0.05) is 30.3 Å². The summed E-state index contributed by atoms with van der Waals surface area (Å²) in [5.74, 6) is 0. The second-order valence-electron chi connectivity index (χ2n) is 7.31. The SMILES string of the molecule is Cc1cc2nn(C[NH+](C)Cc3ccc(C(F)(F)F)cc3)c(=S)n2c2ccccc12. The van der Waals surface area contributed by atoms with Crippen LogP contribution in [0.25, 0.3) is 16.6 Å². The molecule has 0 fully saturated rings. The van der Waals surface area contributed by atoms with Crippen molar-refractivity contribution in [3.8, 4) is 0 Å². The molecule has 1 unspecified atom stereocenters. The van der Waals surface area contributed by atoms with Crippen LogP contribution >= 0.6 is 12.2 Å². The van der Waals surface area contributed by atoms with Gasteiger partial charge in [0.15, 0.2) is 12.3 Å². The van der Waals surface area contributed by atoms with E-state index in [0.717, 1.165) is 44.7 Å².